The topological polar surface area (TPSA) is 101 Å². The predicted octanol–water partition coefficient (Wildman–Crippen LogP) is 2.64. The van der Waals surface area contributed by atoms with E-state index in [0.717, 1.165) is 60.5 Å². The van der Waals surface area contributed by atoms with E-state index in [0.29, 0.717) is 5.75 Å². The number of piperazine rings is 1. The van der Waals surface area contributed by atoms with Crippen LogP contribution in [0.5, 0.6) is 5.75 Å². The number of rotatable bonds is 4. The van der Waals surface area contributed by atoms with Gasteiger partial charge in [0.15, 0.2) is 0 Å². The van der Waals surface area contributed by atoms with E-state index < -0.39 is 11.9 Å². The number of benzene rings is 1. The summed E-state index contributed by atoms with van der Waals surface area (Å²) in [5.41, 5.74) is 1.02. The van der Waals surface area contributed by atoms with Crippen LogP contribution in [0.2, 0.25) is 0 Å². The number of fused-ring (bicyclic) bond motifs is 2. The molecule has 3 aliphatic rings. The summed E-state index contributed by atoms with van der Waals surface area (Å²) >= 11 is 3.49. The van der Waals surface area contributed by atoms with E-state index in [1.54, 1.807) is 6.07 Å². The number of phenols is 1. The first-order valence-electron chi connectivity index (χ1n) is 9.88. The molecule has 1 saturated heterocycles. The second-order valence-corrected chi connectivity index (χ2v) is 8.92. The summed E-state index contributed by atoms with van der Waals surface area (Å²) in [6.45, 7) is 6.64. The van der Waals surface area contributed by atoms with Crippen molar-refractivity contribution in [2.75, 3.05) is 32.7 Å². The number of aliphatic carboxylic acids is 2. The van der Waals surface area contributed by atoms with Crippen LogP contribution in [0.1, 0.15) is 18.4 Å². The number of hydrogen-bond donors (Lipinski definition) is 3. The predicted molar refractivity (Wildman–Crippen MR) is 112 cm³/mol. The second kappa shape index (κ2) is 9.73. The maximum absolute atomic E-state index is 10.0. The molecule has 158 valence electrons. The number of carboxylic acid groups (broad SMARTS) is 2. The molecule has 2 aliphatic carbocycles. The van der Waals surface area contributed by atoms with Crippen LogP contribution in [0.25, 0.3) is 0 Å². The van der Waals surface area contributed by atoms with Gasteiger partial charge in [-0.3, -0.25) is 4.90 Å². The summed E-state index contributed by atoms with van der Waals surface area (Å²) in [6, 6.07) is 5.70. The van der Waals surface area contributed by atoms with Gasteiger partial charge in [0.25, 0.3) is 0 Å². The molecule has 2 bridgehead atoms. The number of carboxylic acids is 2. The fraction of sp³-hybridized carbons (Fsp3) is 0.524. The molecular formula is C21H27BrN2O5. The summed E-state index contributed by atoms with van der Waals surface area (Å²) in [7, 11) is 0. The van der Waals surface area contributed by atoms with Gasteiger partial charge in [-0.1, -0.05) is 28.1 Å². The van der Waals surface area contributed by atoms with Gasteiger partial charge in [0.2, 0.25) is 0 Å². The third-order valence-electron chi connectivity index (χ3n) is 5.99. The number of aromatic hydroxyl groups is 1. The standard InChI is InChI=1S/C19H25BrN2O.C2H2O4/c20-18-3-4-19(23)17(11-18)13-22-7-5-21(6-8-22)12-16-10-14-1-2-15(16)9-14;3-1(4)2(5)6/h1-4,11,14-16,23H,5-10,12-13H2;(H,3,4)(H,5,6). The van der Waals surface area contributed by atoms with Gasteiger partial charge in [0, 0.05) is 49.3 Å². The molecule has 0 aromatic heterocycles. The van der Waals surface area contributed by atoms with Gasteiger partial charge in [-0.25, -0.2) is 9.59 Å². The average Bonchev–Trinajstić information content (AvgIpc) is 3.30. The first-order chi connectivity index (χ1) is 13.8. The van der Waals surface area contributed by atoms with Crippen LogP contribution >= 0.6 is 15.9 Å². The summed E-state index contributed by atoms with van der Waals surface area (Å²) in [5, 5.41) is 24.8. The first-order valence-corrected chi connectivity index (χ1v) is 10.7. The molecule has 3 atom stereocenters. The molecule has 3 N–H and O–H groups in total. The molecular weight excluding hydrogens is 440 g/mol. The van der Waals surface area contributed by atoms with Crippen molar-refractivity contribution in [1.82, 2.24) is 9.80 Å². The van der Waals surface area contributed by atoms with Crippen LogP contribution < -0.4 is 0 Å². The minimum atomic E-state index is -1.82. The lowest BCUT2D eigenvalue weighted by atomic mass is 9.93. The number of phenolic OH excluding ortho intramolecular Hbond substituents is 1. The molecule has 1 aliphatic heterocycles. The van der Waals surface area contributed by atoms with Crippen LogP contribution in [0.15, 0.2) is 34.8 Å². The van der Waals surface area contributed by atoms with Crippen LogP contribution in [0.4, 0.5) is 0 Å². The zero-order chi connectivity index (χ0) is 21.0. The van der Waals surface area contributed by atoms with Gasteiger partial charge in [-0.15, -0.1) is 0 Å². The highest BCUT2D eigenvalue weighted by Gasteiger charge is 2.36. The van der Waals surface area contributed by atoms with E-state index in [4.69, 9.17) is 19.8 Å². The zero-order valence-corrected chi connectivity index (χ0v) is 17.8. The number of carbonyl (C=O) groups is 2. The summed E-state index contributed by atoms with van der Waals surface area (Å²) in [6.07, 6.45) is 7.72. The molecule has 0 amide bonds. The lowest BCUT2D eigenvalue weighted by Crippen LogP contribution is -2.47. The Kier molecular flexibility index (Phi) is 7.32. The van der Waals surface area contributed by atoms with Gasteiger partial charge >= 0.3 is 11.9 Å². The van der Waals surface area contributed by atoms with E-state index in [9.17, 15) is 5.11 Å². The molecule has 3 unspecified atom stereocenters. The lowest BCUT2D eigenvalue weighted by Gasteiger charge is -2.37. The second-order valence-electron chi connectivity index (χ2n) is 8.00. The number of hydrogen-bond acceptors (Lipinski definition) is 5. The Bertz CT molecular complexity index is 764. The van der Waals surface area contributed by atoms with Crippen molar-refractivity contribution in [2.45, 2.75) is 19.4 Å². The van der Waals surface area contributed by atoms with Crippen LogP contribution in [-0.4, -0.2) is 69.8 Å². The van der Waals surface area contributed by atoms with Crippen molar-refractivity contribution >= 4 is 27.9 Å². The largest absolute Gasteiger partial charge is 0.508 e. The Labute approximate surface area is 178 Å². The maximum Gasteiger partial charge on any atom is 0.414 e. The van der Waals surface area contributed by atoms with Gasteiger partial charge in [-0.05, 0) is 48.8 Å². The highest BCUT2D eigenvalue weighted by Crippen LogP contribution is 2.43. The molecule has 1 heterocycles. The fourth-order valence-electron chi connectivity index (χ4n) is 4.49. The van der Waals surface area contributed by atoms with Crippen LogP contribution in [0.3, 0.4) is 0 Å². The maximum atomic E-state index is 10.0. The Hall–Kier alpha value is -1.90. The molecule has 4 rings (SSSR count). The Morgan fingerprint density at radius 1 is 1.00 bits per heavy atom. The molecule has 29 heavy (non-hydrogen) atoms. The highest BCUT2D eigenvalue weighted by molar-refractivity contribution is 9.10. The van der Waals surface area contributed by atoms with Crippen molar-refractivity contribution in [2.24, 2.45) is 17.8 Å². The van der Waals surface area contributed by atoms with E-state index in [2.05, 4.69) is 37.9 Å². The quantitative estimate of drug-likeness (QED) is 0.462. The van der Waals surface area contributed by atoms with Gasteiger partial charge in [0.1, 0.15) is 5.75 Å². The summed E-state index contributed by atoms with van der Waals surface area (Å²) in [5.74, 6) is -0.609. The van der Waals surface area contributed by atoms with Crippen molar-refractivity contribution in [3.8, 4) is 5.75 Å². The Balaban J connectivity index is 0.000000353. The van der Waals surface area contributed by atoms with Crippen molar-refractivity contribution in [3.63, 3.8) is 0 Å². The molecule has 7 nitrogen and oxygen atoms in total. The van der Waals surface area contributed by atoms with Gasteiger partial charge < -0.3 is 20.2 Å². The smallest absolute Gasteiger partial charge is 0.414 e. The third kappa shape index (κ3) is 6.04. The van der Waals surface area contributed by atoms with E-state index in [1.165, 1.54) is 19.4 Å². The summed E-state index contributed by atoms with van der Waals surface area (Å²) in [4.78, 5) is 23.3. The Morgan fingerprint density at radius 2 is 1.66 bits per heavy atom. The molecule has 8 heteroatoms. The highest BCUT2D eigenvalue weighted by atomic mass is 79.9. The monoisotopic (exact) mass is 466 g/mol. The van der Waals surface area contributed by atoms with Crippen molar-refractivity contribution in [1.29, 1.82) is 0 Å². The van der Waals surface area contributed by atoms with Crippen LogP contribution in [-0.2, 0) is 16.1 Å². The first kappa shape index (κ1) is 21.8. The number of allylic oxidation sites excluding steroid dienone is 2. The van der Waals surface area contributed by atoms with Crippen LogP contribution in [0, 0.1) is 17.8 Å². The molecule has 0 spiro atoms. The van der Waals surface area contributed by atoms with E-state index >= 15 is 0 Å². The van der Waals surface area contributed by atoms with Crippen molar-refractivity contribution < 1.29 is 24.9 Å². The number of nitrogens with zero attached hydrogens (tertiary/aromatic N) is 2. The Morgan fingerprint density at radius 3 is 2.21 bits per heavy atom. The molecule has 2 fully saturated rings. The number of halogens is 1. The van der Waals surface area contributed by atoms with Gasteiger partial charge in [-0.2, -0.15) is 0 Å². The molecule has 1 saturated carbocycles. The SMILES string of the molecule is O=C(O)C(=O)O.Oc1ccc(Br)cc1CN1CCN(CC2CC3C=CC2C3)CC1. The van der Waals surface area contributed by atoms with E-state index in [1.807, 2.05) is 12.1 Å². The minimum Gasteiger partial charge on any atom is -0.508 e. The van der Waals surface area contributed by atoms with Crippen molar-refractivity contribution in [3.05, 3.63) is 40.4 Å². The molecule has 0 radical (unpaired) electrons. The van der Waals surface area contributed by atoms with Gasteiger partial charge in [0.05, 0.1) is 0 Å². The normalized spacial score (nSPS) is 26.2. The molecule has 1 aromatic rings. The molecule has 1 aromatic carbocycles. The van der Waals surface area contributed by atoms with E-state index in [-0.39, 0.29) is 0 Å². The average molecular weight is 467 g/mol. The lowest BCUT2D eigenvalue weighted by molar-refractivity contribution is -0.159. The minimum absolute atomic E-state index is 0.407. The zero-order valence-electron chi connectivity index (χ0n) is 16.2. The summed E-state index contributed by atoms with van der Waals surface area (Å²) < 4.78 is 1.04. The fourth-order valence-corrected chi connectivity index (χ4v) is 4.90. The third-order valence-corrected chi connectivity index (χ3v) is 6.49.